The second kappa shape index (κ2) is 9.99. The molecule has 1 aliphatic carbocycles. The molecule has 2 fully saturated rings. The molecule has 2 N–H and O–H groups in total. The van der Waals surface area contributed by atoms with Crippen molar-refractivity contribution in [3.05, 3.63) is 46.5 Å². The van der Waals surface area contributed by atoms with Crippen LogP contribution in [0.1, 0.15) is 45.6 Å². The Hall–Kier alpha value is -2.91. The molecule has 3 amide bonds. The van der Waals surface area contributed by atoms with Crippen LogP contribution < -0.4 is 0 Å². The molecule has 1 aromatic rings. The number of fused-ring (bicyclic) bond motifs is 3. The fourth-order valence-corrected chi connectivity index (χ4v) is 5.85. The molecule has 0 spiro atoms. The molecule has 4 rings (SSSR count). The first-order chi connectivity index (χ1) is 16.6. The summed E-state index contributed by atoms with van der Waals surface area (Å²) in [5.41, 5.74) is 4.03. The van der Waals surface area contributed by atoms with Crippen molar-refractivity contribution >= 4 is 31.1 Å². The molecule has 1 aromatic carbocycles. The fraction of sp³-hybridized carbons (Fsp3) is 0.500. The number of rotatable bonds is 5. The zero-order chi connectivity index (χ0) is 25.4. The SMILES string of the molecule is COC(=O)N1C(=O)[C@@H]2[C@@H](CC(C(C)C)=C3[C@@H](CC/C(C)=C/c4cccc(O)c4)OB(O)C[C@@H]32)C1=O. The molecular weight excluding hydrogens is 449 g/mol. The van der Waals surface area contributed by atoms with E-state index in [1.54, 1.807) is 18.2 Å². The number of carbonyl (C=O) groups is 3. The van der Waals surface area contributed by atoms with Crippen molar-refractivity contribution in [2.45, 2.75) is 52.5 Å². The topological polar surface area (TPSA) is 113 Å². The van der Waals surface area contributed by atoms with Crippen LogP contribution in [0.3, 0.4) is 0 Å². The van der Waals surface area contributed by atoms with Crippen LogP contribution in [0.4, 0.5) is 4.79 Å². The van der Waals surface area contributed by atoms with E-state index in [1.165, 1.54) is 0 Å². The standard InChI is InChI=1S/C26H32BNO7/c1-14(2)18-12-19-23(25(31)28(24(19)30)26(32)34-4)20-13-27(33)35-21(22(18)20)9-8-15(3)10-16-6-5-7-17(29)11-16/h5-7,10-11,14,19-21,23,29,33H,8-9,12-13H2,1-4H3/b15-10+/t19-,20+,21-,23-/m1/s1. The molecule has 2 saturated heterocycles. The number of hydrogen-bond acceptors (Lipinski definition) is 7. The monoisotopic (exact) mass is 481 g/mol. The minimum Gasteiger partial charge on any atom is -0.508 e. The normalized spacial score (nSPS) is 26.9. The van der Waals surface area contributed by atoms with Crippen LogP contribution in [0.15, 0.2) is 41.0 Å². The molecule has 2 heterocycles. The van der Waals surface area contributed by atoms with E-state index in [4.69, 9.17) is 9.39 Å². The van der Waals surface area contributed by atoms with Gasteiger partial charge >= 0.3 is 13.2 Å². The Morgan fingerprint density at radius 1 is 1.29 bits per heavy atom. The molecule has 186 valence electrons. The second-order valence-electron chi connectivity index (χ2n) is 10.00. The van der Waals surface area contributed by atoms with Gasteiger partial charge in [-0.3, -0.25) is 9.59 Å². The van der Waals surface area contributed by atoms with Crippen LogP contribution in [-0.2, 0) is 19.0 Å². The van der Waals surface area contributed by atoms with Crippen molar-refractivity contribution in [1.82, 2.24) is 4.90 Å². The van der Waals surface area contributed by atoms with Gasteiger partial charge in [-0.1, -0.05) is 43.2 Å². The van der Waals surface area contributed by atoms with Crippen molar-refractivity contribution in [3.63, 3.8) is 0 Å². The number of ether oxygens (including phenoxy) is 1. The van der Waals surface area contributed by atoms with Crippen molar-refractivity contribution in [2.24, 2.45) is 23.7 Å². The number of allylic oxidation sites excluding steroid dienone is 2. The molecule has 0 radical (unpaired) electrons. The summed E-state index contributed by atoms with van der Waals surface area (Å²) in [6.07, 6.45) is 2.52. The van der Waals surface area contributed by atoms with E-state index in [0.29, 0.717) is 24.2 Å². The number of phenolic OH excluding ortho intramolecular Hbond substituents is 1. The zero-order valence-corrected chi connectivity index (χ0v) is 20.6. The van der Waals surface area contributed by atoms with E-state index in [9.17, 15) is 24.5 Å². The number of likely N-dealkylation sites (tertiary alicyclic amines) is 1. The smallest absolute Gasteiger partial charge is 0.455 e. The lowest BCUT2D eigenvalue weighted by Gasteiger charge is -2.44. The average molecular weight is 481 g/mol. The maximum atomic E-state index is 13.2. The van der Waals surface area contributed by atoms with Gasteiger partial charge in [-0.2, -0.15) is 4.90 Å². The molecule has 9 heteroatoms. The third-order valence-corrected chi connectivity index (χ3v) is 7.38. The highest BCUT2D eigenvalue weighted by Crippen LogP contribution is 2.52. The van der Waals surface area contributed by atoms with Crippen molar-refractivity contribution in [2.75, 3.05) is 7.11 Å². The maximum absolute atomic E-state index is 13.2. The number of aromatic hydroxyl groups is 1. The first-order valence-electron chi connectivity index (χ1n) is 12.1. The van der Waals surface area contributed by atoms with Gasteiger partial charge < -0.3 is 19.5 Å². The summed E-state index contributed by atoms with van der Waals surface area (Å²) < 4.78 is 10.7. The second-order valence-corrected chi connectivity index (χ2v) is 10.00. The highest BCUT2D eigenvalue weighted by atomic mass is 16.5. The summed E-state index contributed by atoms with van der Waals surface area (Å²) in [6.45, 7) is 6.10. The number of hydrogen-bond donors (Lipinski definition) is 2. The van der Waals surface area contributed by atoms with E-state index in [2.05, 4.69) is 0 Å². The summed E-state index contributed by atoms with van der Waals surface area (Å²) in [6, 6.07) is 7.01. The number of methoxy groups -OCH3 is 1. The van der Waals surface area contributed by atoms with Crippen molar-refractivity contribution in [1.29, 1.82) is 0 Å². The predicted octanol–water partition coefficient (Wildman–Crippen LogP) is 3.80. The number of carbonyl (C=O) groups excluding carboxylic acids is 3. The van der Waals surface area contributed by atoms with Crippen LogP contribution in [0.5, 0.6) is 5.75 Å². The Kier molecular flexibility index (Phi) is 7.19. The van der Waals surface area contributed by atoms with Gasteiger partial charge in [0.05, 0.1) is 25.0 Å². The lowest BCUT2D eigenvalue weighted by molar-refractivity contribution is -0.137. The highest BCUT2D eigenvalue weighted by molar-refractivity contribution is 6.43. The largest absolute Gasteiger partial charge is 0.508 e. The molecule has 0 aromatic heterocycles. The van der Waals surface area contributed by atoms with Crippen molar-refractivity contribution < 1.29 is 33.9 Å². The van der Waals surface area contributed by atoms with Crippen molar-refractivity contribution in [3.8, 4) is 5.75 Å². The Bertz CT molecular complexity index is 1090. The number of nitrogens with zero attached hydrogens (tertiary/aromatic N) is 1. The molecule has 0 saturated carbocycles. The molecule has 3 aliphatic rings. The van der Waals surface area contributed by atoms with Crippen LogP contribution >= 0.6 is 0 Å². The van der Waals surface area contributed by atoms with Gasteiger partial charge in [-0.25, -0.2) is 4.79 Å². The van der Waals surface area contributed by atoms with Gasteiger partial charge in [0.2, 0.25) is 11.8 Å². The van der Waals surface area contributed by atoms with E-state index in [-0.39, 0.29) is 23.9 Å². The molecule has 35 heavy (non-hydrogen) atoms. The van der Waals surface area contributed by atoms with Gasteiger partial charge in [0.1, 0.15) is 5.75 Å². The third-order valence-electron chi connectivity index (χ3n) is 7.38. The average Bonchev–Trinajstić information content (AvgIpc) is 3.06. The third kappa shape index (κ3) is 4.79. The number of benzene rings is 1. The first-order valence-corrected chi connectivity index (χ1v) is 12.1. The number of phenols is 1. The van der Waals surface area contributed by atoms with Gasteiger partial charge in [0.15, 0.2) is 0 Å². The van der Waals surface area contributed by atoms with E-state index in [1.807, 2.05) is 32.9 Å². The highest BCUT2D eigenvalue weighted by Gasteiger charge is 2.59. The summed E-state index contributed by atoms with van der Waals surface area (Å²) in [5, 5.41) is 20.3. The Balaban J connectivity index is 1.63. The number of amides is 3. The summed E-state index contributed by atoms with van der Waals surface area (Å²) in [5.74, 6) is -2.46. The lowest BCUT2D eigenvalue weighted by Crippen LogP contribution is -2.46. The molecular formula is C26H32BNO7. The Morgan fingerprint density at radius 2 is 2.03 bits per heavy atom. The quantitative estimate of drug-likeness (QED) is 0.374. The Morgan fingerprint density at radius 3 is 2.69 bits per heavy atom. The maximum Gasteiger partial charge on any atom is 0.455 e. The predicted molar refractivity (Wildman–Crippen MR) is 130 cm³/mol. The van der Waals surface area contributed by atoms with Crippen LogP contribution in [0, 0.1) is 23.7 Å². The molecule has 0 unspecified atom stereocenters. The van der Waals surface area contributed by atoms with Gasteiger partial charge in [0.25, 0.3) is 0 Å². The molecule has 8 nitrogen and oxygen atoms in total. The summed E-state index contributed by atoms with van der Waals surface area (Å²) in [4.78, 5) is 39.1. The van der Waals surface area contributed by atoms with Crippen LogP contribution in [0.2, 0.25) is 6.32 Å². The lowest BCUT2D eigenvalue weighted by atomic mass is 9.57. The zero-order valence-electron chi connectivity index (χ0n) is 20.6. The molecule has 4 atom stereocenters. The first kappa shape index (κ1) is 25.2. The van der Waals surface area contributed by atoms with E-state index < -0.39 is 43.0 Å². The van der Waals surface area contributed by atoms with Crippen LogP contribution in [0.25, 0.3) is 6.08 Å². The summed E-state index contributed by atoms with van der Waals surface area (Å²) in [7, 11) is 0.0842. The summed E-state index contributed by atoms with van der Waals surface area (Å²) >= 11 is 0. The van der Waals surface area contributed by atoms with Gasteiger partial charge in [-0.15, -0.1) is 0 Å². The van der Waals surface area contributed by atoms with Crippen LogP contribution in [-0.4, -0.2) is 53.3 Å². The van der Waals surface area contributed by atoms with Gasteiger partial charge in [0, 0.05) is 0 Å². The fourth-order valence-electron chi connectivity index (χ4n) is 5.85. The van der Waals surface area contributed by atoms with E-state index >= 15 is 0 Å². The van der Waals surface area contributed by atoms with E-state index in [0.717, 1.165) is 29.4 Å². The molecule has 0 bridgehead atoms. The molecule has 2 aliphatic heterocycles. The minimum atomic E-state index is -1.06. The Labute approximate surface area is 205 Å². The number of imide groups is 3. The van der Waals surface area contributed by atoms with Gasteiger partial charge in [-0.05, 0) is 67.6 Å². The minimum absolute atomic E-state index is 0.119.